The molecule has 0 aromatic carbocycles. The number of nitrogens with zero attached hydrogens (tertiary/aromatic N) is 5. The molecule has 0 saturated carbocycles. The van der Waals surface area contributed by atoms with Crippen LogP contribution in [0.5, 0.6) is 0 Å². The van der Waals surface area contributed by atoms with Crippen LogP contribution in [0.1, 0.15) is 32.3 Å². The second-order valence-electron chi connectivity index (χ2n) is 9.10. The number of hydrogen-bond donors (Lipinski definition) is 1. The maximum absolute atomic E-state index is 11.9. The summed E-state index contributed by atoms with van der Waals surface area (Å²) in [5, 5.41) is 9.75. The summed E-state index contributed by atoms with van der Waals surface area (Å²) < 4.78 is 5.48. The number of carbonyl (C=O) groups is 1. The zero-order valence-corrected chi connectivity index (χ0v) is 17.1. The lowest BCUT2D eigenvalue weighted by Gasteiger charge is -2.33. The molecule has 4 heterocycles. The zero-order chi connectivity index (χ0) is 19.9. The standard InChI is InChI=1S/C20H31N5O3/c1-19(2,17(26)27)15-12-21-18(22-16(15)24-8-10-28-11-9-24)25-7-5-20(14-25)4-6-23(3)13-20/h12H,4-11,13-14H2,1-3H3,(H,26,27)/t20-/m1/s1. The van der Waals surface area contributed by atoms with E-state index in [2.05, 4.69) is 26.7 Å². The molecule has 3 aliphatic heterocycles. The van der Waals surface area contributed by atoms with Crippen LogP contribution < -0.4 is 9.80 Å². The van der Waals surface area contributed by atoms with Crippen molar-refractivity contribution in [1.29, 1.82) is 0 Å². The van der Waals surface area contributed by atoms with Gasteiger partial charge in [0.15, 0.2) is 0 Å². The Bertz CT molecular complexity index is 749. The first-order chi connectivity index (χ1) is 13.3. The van der Waals surface area contributed by atoms with Crippen LogP contribution in [-0.2, 0) is 14.9 Å². The molecule has 0 unspecified atom stereocenters. The Morgan fingerprint density at radius 1 is 1.14 bits per heavy atom. The SMILES string of the molecule is CN1CC[C@@]2(CCN(c3ncc(C(C)(C)C(=O)O)c(N4CCOCC4)n3)C2)C1. The van der Waals surface area contributed by atoms with E-state index in [1.807, 2.05) is 0 Å². The van der Waals surface area contributed by atoms with Crippen molar-refractivity contribution in [2.24, 2.45) is 5.41 Å². The average Bonchev–Trinajstić information content (AvgIpc) is 3.27. The van der Waals surface area contributed by atoms with Crippen LogP contribution in [0, 0.1) is 5.41 Å². The Labute approximate surface area is 166 Å². The highest BCUT2D eigenvalue weighted by molar-refractivity contribution is 5.82. The summed E-state index contributed by atoms with van der Waals surface area (Å²) in [7, 11) is 2.19. The molecule has 28 heavy (non-hydrogen) atoms. The van der Waals surface area contributed by atoms with Crippen molar-refractivity contribution >= 4 is 17.7 Å². The molecule has 0 radical (unpaired) electrons. The number of morpholine rings is 1. The Morgan fingerprint density at radius 3 is 2.50 bits per heavy atom. The Balaban J connectivity index is 1.65. The van der Waals surface area contributed by atoms with E-state index in [4.69, 9.17) is 9.72 Å². The fourth-order valence-corrected chi connectivity index (χ4v) is 4.69. The fraction of sp³-hybridized carbons (Fsp3) is 0.750. The van der Waals surface area contributed by atoms with Crippen molar-refractivity contribution in [3.8, 4) is 0 Å². The van der Waals surface area contributed by atoms with E-state index in [1.165, 1.54) is 6.42 Å². The first-order valence-electron chi connectivity index (χ1n) is 10.2. The summed E-state index contributed by atoms with van der Waals surface area (Å²) >= 11 is 0. The number of ether oxygens (including phenoxy) is 1. The summed E-state index contributed by atoms with van der Waals surface area (Å²) in [6, 6.07) is 0. The molecule has 3 saturated heterocycles. The monoisotopic (exact) mass is 389 g/mol. The van der Waals surface area contributed by atoms with Gasteiger partial charge in [0, 0.05) is 49.9 Å². The van der Waals surface area contributed by atoms with Crippen LogP contribution in [0.3, 0.4) is 0 Å². The van der Waals surface area contributed by atoms with Gasteiger partial charge in [0.2, 0.25) is 5.95 Å². The second-order valence-corrected chi connectivity index (χ2v) is 9.10. The molecule has 154 valence electrons. The number of aliphatic carboxylic acids is 1. The fourth-order valence-electron chi connectivity index (χ4n) is 4.69. The maximum Gasteiger partial charge on any atom is 0.313 e. The van der Waals surface area contributed by atoms with Gasteiger partial charge in [-0.3, -0.25) is 4.79 Å². The van der Waals surface area contributed by atoms with Crippen molar-refractivity contribution < 1.29 is 14.6 Å². The quantitative estimate of drug-likeness (QED) is 0.823. The van der Waals surface area contributed by atoms with Gasteiger partial charge in [-0.25, -0.2) is 4.98 Å². The molecular formula is C20H31N5O3. The van der Waals surface area contributed by atoms with E-state index in [9.17, 15) is 9.90 Å². The molecule has 1 atom stereocenters. The number of hydrogen-bond acceptors (Lipinski definition) is 7. The third-order valence-corrected chi connectivity index (χ3v) is 6.62. The normalized spacial score (nSPS) is 26.4. The van der Waals surface area contributed by atoms with Crippen molar-refractivity contribution in [2.45, 2.75) is 32.1 Å². The number of anilines is 2. The van der Waals surface area contributed by atoms with E-state index < -0.39 is 11.4 Å². The molecule has 8 heteroatoms. The van der Waals surface area contributed by atoms with E-state index in [0.717, 1.165) is 44.4 Å². The van der Waals surface area contributed by atoms with Gasteiger partial charge < -0.3 is 24.5 Å². The molecule has 1 spiro atoms. The minimum atomic E-state index is -1.05. The molecule has 4 rings (SSSR count). The Hall–Kier alpha value is -1.93. The van der Waals surface area contributed by atoms with Gasteiger partial charge in [-0.2, -0.15) is 4.98 Å². The smallest absolute Gasteiger partial charge is 0.313 e. The van der Waals surface area contributed by atoms with E-state index in [1.54, 1.807) is 20.0 Å². The van der Waals surface area contributed by atoms with Crippen LogP contribution in [0.15, 0.2) is 6.20 Å². The minimum absolute atomic E-state index is 0.343. The molecule has 3 aliphatic rings. The molecule has 0 amide bonds. The molecule has 1 aromatic heterocycles. The third-order valence-electron chi connectivity index (χ3n) is 6.62. The predicted molar refractivity (Wildman–Crippen MR) is 107 cm³/mol. The molecule has 1 N–H and O–H groups in total. The minimum Gasteiger partial charge on any atom is -0.481 e. The number of aromatic nitrogens is 2. The van der Waals surface area contributed by atoms with E-state index in [0.29, 0.717) is 37.3 Å². The van der Waals surface area contributed by atoms with Crippen LogP contribution in [-0.4, -0.2) is 85.5 Å². The van der Waals surface area contributed by atoms with Gasteiger partial charge >= 0.3 is 5.97 Å². The van der Waals surface area contributed by atoms with Crippen molar-refractivity contribution in [3.63, 3.8) is 0 Å². The summed E-state index contributed by atoms with van der Waals surface area (Å²) in [4.78, 5) is 28.2. The summed E-state index contributed by atoms with van der Waals surface area (Å²) in [5.74, 6) is 0.593. The molecule has 0 aliphatic carbocycles. The maximum atomic E-state index is 11.9. The summed E-state index contributed by atoms with van der Waals surface area (Å²) in [6.07, 6.45) is 4.11. The van der Waals surface area contributed by atoms with Crippen molar-refractivity contribution in [1.82, 2.24) is 14.9 Å². The largest absolute Gasteiger partial charge is 0.481 e. The van der Waals surface area contributed by atoms with E-state index >= 15 is 0 Å². The highest BCUT2D eigenvalue weighted by atomic mass is 16.5. The van der Waals surface area contributed by atoms with Gasteiger partial charge in [-0.05, 0) is 40.3 Å². The Morgan fingerprint density at radius 2 is 1.86 bits per heavy atom. The third kappa shape index (κ3) is 3.43. The first-order valence-corrected chi connectivity index (χ1v) is 10.2. The van der Waals surface area contributed by atoms with Gasteiger partial charge in [0.05, 0.1) is 18.6 Å². The van der Waals surface area contributed by atoms with Gasteiger partial charge in [-0.15, -0.1) is 0 Å². The number of carboxylic acids is 1. The molecule has 8 nitrogen and oxygen atoms in total. The molecule has 1 aromatic rings. The van der Waals surface area contributed by atoms with Crippen LogP contribution in [0.25, 0.3) is 0 Å². The van der Waals surface area contributed by atoms with Crippen LogP contribution >= 0.6 is 0 Å². The average molecular weight is 390 g/mol. The Kier molecular flexibility index (Phi) is 4.95. The highest BCUT2D eigenvalue weighted by Crippen LogP contribution is 2.40. The number of carboxylic acid groups (broad SMARTS) is 1. The van der Waals surface area contributed by atoms with E-state index in [-0.39, 0.29) is 0 Å². The zero-order valence-electron chi connectivity index (χ0n) is 17.1. The summed E-state index contributed by atoms with van der Waals surface area (Å²) in [6.45, 7) is 10.3. The van der Waals surface area contributed by atoms with Crippen molar-refractivity contribution in [3.05, 3.63) is 11.8 Å². The lowest BCUT2D eigenvalue weighted by atomic mass is 9.85. The number of rotatable bonds is 4. The lowest BCUT2D eigenvalue weighted by Crippen LogP contribution is -2.40. The second kappa shape index (κ2) is 7.15. The van der Waals surface area contributed by atoms with Crippen LogP contribution in [0.2, 0.25) is 0 Å². The van der Waals surface area contributed by atoms with Crippen molar-refractivity contribution in [2.75, 3.05) is 69.3 Å². The molecular weight excluding hydrogens is 358 g/mol. The number of likely N-dealkylation sites (tertiary alicyclic amines) is 1. The van der Waals surface area contributed by atoms with Gasteiger partial charge in [0.25, 0.3) is 0 Å². The lowest BCUT2D eigenvalue weighted by molar-refractivity contribution is -0.142. The van der Waals surface area contributed by atoms with Crippen LogP contribution in [0.4, 0.5) is 11.8 Å². The predicted octanol–water partition coefficient (Wildman–Crippen LogP) is 1.21. The molecule has 3 fully saturated rings. The first kappa shape index (κ1) is 19.4. The van der Waals surface area contributed by atoms with Gasteiger partial charge in [-0.1, -0.05) is 0 Å². The summed E-state index contributed by atoms with van der Waals surface area (Å²) in [5.41, 5.74) is -0.0387. The molecule has 0 bridgehead atoms. The van der Waals surface area contributed by atoms with Gasteiger partial charge in [0.1, 0.15) is 5.82 Å². The highest BCUT2D eigenvalue weighted by Gasteiger charge is 2.43. The topological polar surface area (TPSA) is 82.0 Å².